The number of amides is 2. The van der Waals surface area contributed by atoms with E-state index >= 15 is 0 Å². The molecular formula is C18H18N6O4S. The molecule has 0 bridgehead atoms. The highest BCUT2D eigenvalue weighted by atomic mass is 32.1. The third kappa shape index (κ3) is 4.63. The normalized spacial score (nSPS) is 10.7. The van der Waals surface area contributed by atoms with Crippen molar-refractivity contribution in [2.24, 2.45) is 5.73 Å². The van der Waals surface area contributed by atoms with E-state index in [1.54, 1.807) is 48.2 Å². The van der Waals surface area contributed by atoms with Gasteiger partial charge in [-0.25, -0.2) is 4.98 Å². The number of anilines is 1. The fourth-order valence-corrected chi connectivity index (χ4v) is 3.54. The van der Waals surface area contributed by atoms with Crippen LogP contribution < -0.4 is 11.1 Å². The predicted octanol–water partition coefficient (Wildman–Crippen LogP) is 2.19. The maximum Gasteiger partial charge on any atom is 0.312 e. The Labute approximate surface area is 169 Å². The Morgan fingerprint density at radius 3 is 2.55 bits per heavy atom. The van der Waals surface area contributed by atoms with Crippen molar-refractivity contribution >= 4 is 34.0 Å². The van der Waals surface area contributed by atoms with Crippen LogP contribution in [0.1, 0.15) is 33.0 Å². The summed E-state index contributed by atoms with van der Waals surface area (Å²) in [5.74, 6) is -0.824. The number of carbonyl (C=O) groups excluding carboxylic acids is 2. The fourth-order valence-electron chi connectivity index (χ4n) is 2.83. The number of hydrogen-bond donors (Lipinski definition) is 2. The lowest BCUT2D eigenvalue weighted by Crippen LogP contribution is -2.14. The van der Waals surface area contributed by atoms with Gasteiger partial charge < -0.3 is 5.73 Å². The van der Waals surface area contributed by atoms with E-state index in [1.807, 2.05) is 0 Å². The molecule has 2 amide bonds. The lowest BCUT2D eigenvalue weighted by molar-refractivity contribution is -0.386. The summed E-state index contributed by atoms with van der Waals surface area (Å²) >= 11 is 1.21. The molecule has 0 fully saturated rings. The molecule has 11 heteroatoms. The number of nitrogens with one attached hydrogen (secondary N) is 1. The monoisotopic (exact) mass is 414 g/mol. The van der Waals surface area contributed by atoms with E-state index in [1.165, 1.54) is 11.3 Å². The number of rotatable bonds is 7. The number of thiazole rings is 1. The Balaban J connectivity index is 1.68. The Hall–Kier alpha value is -3.60. The number of carbonyl (C=O) groups is 2. The van der Waals surface area contributed by atoms with Crippen molar-refractivity contribution in [3.8, 4) is 0 Å². The molecule has 2 aromatic heterocycles. The largest absolute Gasteiger partial charge is 0.369 e. The highest BCUT2D eigenvalue weighted by Crippen LogP contribution is 2.23. The van der Waals surface area contributed by atoms with Crippen LogP contribution in [0.15, 0.2) is 29.6 Å². The summed E-state index contributed by atoms with van der Waals surface area (Å²) < 4.78 is 1.57. The molecule has 0 unspecified atom stereocenters. The van der Waals surface area contributed by atoms with E-state index in [4.69, 9.17) is 5.73 Å². The Bertz CT molecular complexity index is 1090. The number of benzene rings is 1. The Morgan fingerprint density at radius 2 is 1.97 bits per heavy atom. The van der Waals surface area contributed by atoms with Gasteiger partial charge in [-0.05, 0) is 31.5 Å². The molecule has 0 spiro atoms. The molecule has 0 aliphatic rings. The second kappa shape index (κ2) is 8.19. The summed E-state index contributed by atoms with van der Waals surface area (Å²) in [4.78, 5) is 38.1. The van der Waals surface area contributed by atoms with Crippen LogP contribution in [0.25, 0.3) is 0 Å². The van der Waals surface area contributed by atoms with Crippen LogP contribution in [0, 0.1) is 24.0 Å². The van der Waals surface area contributed by atoms with Crippen LogP contribution in [0.5, 0.6) is 0 Å². The number of hydrogen-bond acceptors (Lipinski definition) is 7. The molecule has 10 nitrogen and oxygen atoms in total. The predicted molar refractivity (Wildman–Crippen MR) is 107 cm³/mol. The first-order valence-electron chi connectivity index (χ1n) is 8.56. The third-order valence-corrected chi connectivity index (χ3v) is 5.01. The molecule has 2 heterocycles. The van der Waals surface area contributed by atoms with Crippen molar-refractivity contribution in [1.82, 2.24) is 14.8 Å². The zero-order chi connectivity index (χ0) is 21.1. The molecule has 0 aliphatic carbocycles. The fraction of sp³-hybridized carbons (Fsp3) is 0.222. The molecule has 1 aromatic carbocycles. The first-order valence-corrected chi connectivity index (χ1v) is 9.44. The SMILES string of the molecule is Cc1nn(Cc2ccc(C(=O)Nc3nc(CC(N)=O)cs3)cc2)c(C)c1[N+](=O)[O-]. The number of aromatic nitrogens is 3. The molecular weight excluding hydrogens is 396 g/mol. The standard InChI is InChI=1S/C18H18N6O4S/c1-10-16(24(27)28)11(2)23(22-10)8-12-3-5-13(6-4-12)17(26)21-18-20-14(9-29-18)7-15(19)25/h3-6,9H,7-8H2,1-2H3,(H2,19,25)(H,20,21,26). The van der Waals surface area contributed by atoms with E-state index < -0.39 is 10.8 Å². The minimum absolute atomic E-state index is 0.0140. The van der Waals surface area contributed by atoms with Gasteiger partial charge in [0.15, 0.2) is 5.13 Å². The lowest BCUT2D eigenvalue weighted by atomic mass is 10.1. The van der Waals surface area contributed by atoms with E-state index in [2.05, 4.69) is 15.4 Å². The van der Waals surface area contributed by atoms with Crippen molar-refractivity contribution in [2.45, 2.75) is 26.8 Å². The number of primary amides is 1. The molecule has 3 rings (SSSR count). The first kappa shape index (κ1) is 20.1. The van der Waals surface area contributed by atoms with E-state index in [0.29, 0.717) is 34.3 Å². The van der Waals surface area contributed by atoms with Gasteiger partial charge in [-0.15, -0.1) is 11.3 Å². The van der Waals surface area contributed by atoms with Crippen molar-refractivity contribution in [1.29, 1.82) is 0 Å². The van der Waals surface area contributed by atoms with Gasteiger partial charge in [-0.2, -0.15) is 5.10 Å². The summed E-state index contributed by atoms with van der Waals surface area (Å²) in [5.41, 5.74) is 7.77. The molecule has 0 saturated carbocycles. The van der Waals surface area contributed by atoms with Gasteiger partial charge in [0.2, 0.25) is 5.91 Å². The van der Waals surface area contributed by atoms with E-state index in [-0.39, 0.29) is 18.0 Å². The molecule has 150 valence electrons. The van der Waals surface area contributed by atoms with Crippen LogP contribution in [-0.4, -0.2) is 31.5 Å². The zero-order valence-corrected chi connectivity index (χ0v) is 16.5. The van der Waals surface area contributed by atoms with Crippen LogP contribution >= 0.6 is 11.3 Å². The summed E-state index contributed by atoms with van der Waals surface area (Å²) in [5, 5.41) is 20.1. The molecule has 0 radical (unpaired) electrons. The van der Waals surface area contributed by atoms with Gasteiger partial charge in [0, 0.05) is 10.9 Å². The second-order valence-electron chi connectivity index (χ2n) is 6.37. The van der Waals surface area contributed by atoms with E-state index in [0.717, 1.165) is 5.56 Å². The van der Waals surface area contributed by atoms with Crippen LogP contribution in [-0.2, 0) is 17.8 Å². The van der Waals surface area contributed by atoms with Gasteiger partial charge in [0.25, 0.3) is 5.91 Å². The third-order valence-electron chi connectivity index (χ3n) is 4.20. The summed E-state index contributed by atoms with van der Waals surface area (Å²) in [6.07, 6.45) is 0.0194. The van der Waals surface area contributed by atoms with Gasteiger partial charge in [0.05, 0.1) is 23.6 Å². The van der Waals surface area contributed by atoms with Crippen LogP contribution in [0.3, 0.4) is 0 Å². The smallest absolute Gasteiger partial charge is 0.312 e. The average molecular weight is 414 g/mol. The molecule has 29 heavy (non-hydrogen) atoms. The van der Waals surface area contributed by atoms with Crippen molar-refractivity contribution < 1.29 is 14.5 Å². The maximum atomic E-state index is 12.4. The highest BCUT2D eigenvalue weighted by Gasteiger charge is 2.21. The molecule has 0 atom stereocenters. The average Bonchev–Trinajstić information content (AvgIpc) is 3.18. The Kier molecular flexibility index (Phi) is 5.69. The number of nitrogens with two attached hydrogens (primary N) is 1. The number of nitro groups is 1. The van der Waals surface area contributed by atoms with Gasteiger partial charge in [-0.1, -0.05) is 12.1 Å². The zero-order valence-electron chi connectivity index (χ0n) is 15.7. The van der Waals surface area contributed by atoms with Crippen molar-refractivity contribution in [2.75, 3.05) is 5.32 Å². The van der Waals surface area contributed by atoms with Crippen molar-refractivity contribution in [3.05, 3.63) is 68.0 Å². The molecule has 0 saturated heterocycles. The number of aryl methyl sites for hydroxylation is 1. The van der Waals surface area contributed by atoms with Crippen molar-refractivity contribution in [3.63, 3.8) is 0 Å². The minimum atomic E-state index is -0.489. The first-order chi connectivity index (χ1) is 13.7. The van der Waals surface area contributed by atoms with E-state index in [9.17, 15) is 19.7 Å². The minimum Gasteiger partial charge on any atom is -0.369 e. The maximum absolute atomic E-state index is 12.4. The van der Waals surface area contributed by atoms with Crippen LogP contribution in [0.4, 0.5) is 10.8 Å². The molecule has 3 N–H and O–H groups in total. The van der Waals surface area contributed by atoms with Gasteiger partial charge >= 0.3 is 5.69 Å². The number of nitrogens with zero attached hydrogens (tertiary/aromatic N) is 4. The summed E-state index contributed by atoms with van der Waals surface area (Å²) in [6, 6.07) is 6.83. The van der Waals surface area contributed by atoms with Gasteiger partial charge in [0.1, 0.15) is 11.4 Å². The molecule has 3 aromatic rings. The highest BCUT2D eigenvalue weighted by molar-refractivity contribution is 7.14. The molecule has 0 aliphatic heterocycles. The summed E-state index contributed by atoms with van der Waals surface area (Å²) in [6.45, 7) is 3.61. The topological polar surface area (TPSA) is 146 Å². The van der Waals surface area contributed by atoms with Crippen LogP contribution in [0.2, 0.25) is 0 Å². The summed E-state index contributed by atoms with van der Waals surface area (Å²) in [7, 11) is 0. The second-order valence-corrected chi connectivity index (χ2v) is 7.23. The quantitative estimate of drug-likeness (QED) is 0.447. The van der Waals surface area contributed by atoms with Gasteiger partial charge in [-0.3, -0.25) is 29.7 Å². The Morgan fingerprint density at radius 1 is 1.28 bits per heavy atom. The lowest BCUT2D eigenvalue weighted by Gasteiger charge is -2.06.